The van der Waals surface area contributed by atoms with Gasteiger partial charge in [0.25, 0.3) is 0 Å². The minimum Gasteiger partial charge on any atom is -0.391 e. The second-order valence-electron chi connectivity index (χ2n) is 6.89. The highest BCUT2D eigenvalue weighted by molar-refractivity contribution is 6.30. The molecule has 1 aliphatic rings. The number of carbonyl (C=O) groups excluding carboxylic acids is 1. The van der Waals surface area contributed by atoms with Gasteiger partial charge in [-0.25, -0.2) is 9.48 Å². The van der Waals surface area contributed by atoms with Gasteiger partial charge in [-0.05, 0) is 51.4 Å². The highest BCUT2D eigenvalue weighted by atomic mass is 35.5. The lowest BCUT2D eigenvalue weighted by Crippen LogP contribution is -2.41. The Balaban J connectivity index is 1.73. The van der Waals surface area contributed by atoms with Crippen LogP contribution >= 0.6 is 11.6 Å². The zero-order valence-corrected chi connectivity index (χ0v) is 16.2. The Morgan fingerprint density at radius 3 is 2.70 bits per heavy atom. The number of ether oxygens (including phenoxy) is 1. The summed E-state index contributed by atoms with van der Waals surface area (Å²) in [4.78, 5) is 20.6. The first kappa shape index (κ1) is 17.8. The molecule has 0 N–H and O–H groups in total. The maximum atomic E-state index is 12.3. The molecule has 0 unspecified atom stereocenters. The zero-order valence-electron chi connectivity index (χ0n) is 15.4. The van der Waals surface area contributed by atoms with Gasteiger partial charge in [0.05, 0.1) is 17.9 Å². The van der Waals surface area contributed by atoms with Crippen molar-refractivity contribution in [3.63, 3.8) is 0 Å². The fourth-order valence-electron chi connectivity index (χ4n) is 3.08. The number of likely N-dealkylation sites (N-methyl/N-ethyl adjacent to an activating group) is 1. The number of aryl methyl sites for hydroxylation is 1. The van der Waals surface area contributed by atoms with Crippen molar-refractivity contribution in [2.75, 3.05) is 27.2 Å². The van der Waals surface area contributed by atoms with Gasteiger partial charge in [-0.1, -0.05) is 11.6 Å². The number of hydrogen-bond acceptors (Lipinski definition) is 5. The minimum atomic E-state index is -0.370. The molecular formula is C19H20ClN5O2. The fraction of sp³-hybridized carbons (Fsp3) is 0.316. The number of carbonyl (C=O) groups is 1. The van der Waals surface area contributed by atoms with Gasteiger partial charge in [0.2, 0.25) is 5.88 Å². The minimum absolute atomic E-state index is 0.351. The topological polar surface area (TPSA) is 63.5 Å². The molecule has 0 fully saturated rings. The first-order valence-electron chi connectivity index (χ1n) is 8.69. The summed E-state index contributed by atoms with van der Waals surface area (Å²) in [5.74, 6) is 0.351. The van der Waals surface area contributed by atoms with E-state index in [9.17, 15) is 4.79 Å². The summed E-state index contributed by atoms with van der Waals surface area (Å²) >= 11 is 5.98. The molecule has 0 radical (unpaired) electrons. The second-order valence-corrected chi connectivity index (χ2v) is 7.33. The molecule has 27 heavy (non-hydrogen) atoms. The van der Waals surface area contributed by atoms with Gasteiger partial charge in [0.1, 0.15) is 0 Å². The third kappa shape index (κ3) is 3.36. The van der Waals surface area contributed by atoms with Crippen LogP contribution < -0.4 is 4.74 Å². The Kier molecular flexibility index (Phi) is 4.49. The van der Waals surface area contributed by atoms with E-state index < -0.39 is 0 Å². The molecule has 4 rings (SSSR count). The van der Waals surface area contributed by atoms with Gasteiger partial charge < -0.3 is 14.5 Å². The van der Waals surface area contributed by atoms with E-state index in [1.54, 1.807) is 21.7 Å². The quantitative estimate of drug-likeness (QED) is 0.689. The number of fused-ring (bicyclic) bond motifs is 2. The largest absolute Gasteiger partial charge is 0.416 e. The number of halogens is 1. The van der Waals surface area contributed by atoms with Crippen molar-refractivity contribution in [2.24, 2.45) is 0 Å². The van der Waals surface area contributed by atoms with Crippen molar-refractivity contribution in [1.82, 2.24) is 24.6 Å². The van der Waals surface area contributed by atoms with Crippen molar-refractivity contribution < 1.29 is 9.53 Å². The number of benzene rings is 1. The normalized spacial score (nSPS) is 14.0. The number of hydrogen-bond donors (Lipinski definition) is 0. The van der Waals surface area contributed by atoms with E-state index in [2.05, 4.69) is 10.1 Å². The van der Waals surface area contributed by atoms with Gasteiger partial charge in [-0.15, -0.1) is 0 Å². The van der Waals surface area contributed by atoms with Crippen molar-refractivity contribution in [3.8, 4) is 11.6 Å². The van der Waals surface area contributed by atoms with Gasteiger partial charge in [0, 0.05) is 29.1 Å². The molecule has 140 valence electrons. The lowest BCUT2D eigenvalue weighted by molar-refractivity contribution is 0.132. The standard InChI is InChI=1S/C19H20ClN5O2/c1-12-16-10-13-11-24(9-8-23(2)3)19(26)27-18(13)21-17(16)25(22-12)15-6-4-14(20)5-7-15/h4-7,10H,8-9,11H2,1-3H3. The summed E-state index contributed by atoms with van der Waals surface area (Å²) in [7, 11) is 3.95. The predicted octanol–water partition coefficient (Wildman–Crippen LogP) is 3.26. The van der Waals surface area contributed by atoms with Crippen molar-refractivity contribution in [1.29, 1.82) is 0 Å². The molecule has 1 aliphatic heterocycles. The molecule has 0 atom stereocenters. The van der Waals surface area contributed by atoms with Crippen LogP contribution in [-0.2, 0) is 6.54 Å². The number of amides is 1. The summed E-state index contributed by atoms with van der Waals surface area (Å²) in [5, 5.41) is 6.20. The Hall–Kier alpha value is -2.64. The average Bonchev–Trinajstić information content (AvgIpc) is 2.95. The highest BCUT2D eigenvalue weighted by Gasteiger charge is 2.27. The maximum absolute atomic E-state index is 12.3. The van der Waals surface area contributed by atoms with Gasteiger partial charge in [0.15, 0.2) is 5.65 Å². The number of nitrogens with zero attached hydrogens (tertiary/aromatic N) is 5. The van der Waals surface area contributed by atoms with Gasteiger partial charge in [-0.2, -0.15) is 10.1 Å². The third-order valence-corrected chi connectivity index (χ3v) is 4.83. The van der Waals surface area contributed by atoms with Crippen molar-refractivity contribution in [2.45, 2.75) is 13.5 Å². The highest BCUT2D eigenvalue weighted by Crippen LogP contribution is 2.30. The molecule has 0 bridgehead atoms. The van der Waals surface area contributed by atoms with E-state index in [-0.39, 0.29) is 6.09 Å². The van der Waals surface area contributed by atoms with Crippen molar-refractivity contribution >= 4 is 28.7 Å². The van der Waals surface area contributed by atoms with Crippen LogP contribution in [0, 0.1) is 6.92 Å². The summed E-state index contributed by atoms with van der Waals surface area (Å²) in [6, 6.07) is 9.39. The molecule has 0 saturated heterocycles. The molecule has 0 saturated carbocycles. The van der Waals surface area contributed by atoms with Gasteiger partial charge in [-0.3, -0.25) is 0 Å². The lowest BCUT2D eigenvalue weighted by atomic mass is 10.1. The SMILES string of the molecule is Cc1nn(-c2ccc(Cl)cc2)c2nc3c(cc12)CN(CCN(C)C)C(=O)O3. The maximum Gasteiger partial charge on any atom is 0.416 e. The molecule has 7 nitrogen and oxygen atoms in total. The fourth-order valence-corrected chi connectivity index (χ4v) is 3.21. The monoisotopic (exact) mass is 385 g/mol. The van der Waals surface area contributed by atoms with E-state index in [4.69, 9.17) is 16.3 Å². The van der Waals surface area contributed by atoms with Crippen LogP contribution in [-0.4, -0.2) is 57.8 Å². The molecule has 8 heteroatoms. The van der Waals surface area contributed by atoms with E-state index in [0.29, 0.717) is 29.6 Å². The zero-order chi connectivity index (χ0) is 19.1. The van der Waals surface area contributed by atoms with E-state index in [1.807, 2.05) is 44.1 Å². The number of rotatable bonds is 4. The molecule has 2 aromatic heterocycles. The molecule has 1 amide bonds. The van der Waals surface area contributed by atoms with Crippen LogP contribution in [0.3, 0.4) is 0 Å². The first-order valence-corrected chi connectivity index (χ1v) is 9.07. The van der Waals surface area contributed by atoms with E-state index in [1.165, 1.54) is 0 Å². The molecule has 3 aromatic rings. The van der Waals surface area contributed by atoms with E-state index in [0.717, 1.165) is 28.9 Å². The lowest BCUT2D eigenvalue weighted by Gasteiger charge is -2.28. The molecule has 1 aromatic carbocycles. The third-order valence-electron chi connectivity index (χ3n) is 4.57. The Morgan fingerprint density at radius 1 is 1.26 bits per heavy atom. The molecule has 0 spiro atoms. The molecule has 3 heterocycles. The summed E-state index contributed by atoms with van der Waals surface area (Å²) in [6.45, 7) is 3.80. The number of aromatic nitrogens is 3. The van der Waals surface area contributed by atoms with Crippen molar-refractivity contribution in [3.05, 3.63) is 46.6 Å². The smallest absolute Gasteiger partial charge is 0.391 e. The van der Waals surface area contributed by atoms with Crippen LogP contribution in [0.4, 0.5) is 4.79 Å². The predicted molar refractivity (Wildman–Crippen MR) is 104 cm³/mol. The van der Waals surface area contributed by atoms with E-state index >= 15 is 0 Å². The average molecular weight is 386 g/mol. The van der Waals surface area contributed by atoms with Crippen LogP contribution in [0.1, 0.15) is 11.3 Å². The summed E-state index contributed by atoms with van der Waals surface area (Å²) < 4.78 is 7.24. The number of pyridine rings is 1. The van der Waals surface area contributed by atoms with Gasteiger partial charge >= 0.3 is 6.09 Å². The molecule has 0 aliphatic carbocycles. The van der Waals surface area contributed by atoms with Crippen LogP contribution in [0.15, 0.2) is 30.3 Å². The van der Waals surface area contributed by atoms with Crippen LogP contribution in [0.2, 0.25) is 5.02 Å². The Bertz CT molecular complexity index is 1010. The van der Waals surface area contributed by atoms with Crippen LogP contribution in [0.25, 0.3) is 16.7 Å². The summed E-state index contributed by atoms with van der Waals surface area (Å²) in [6.07, 6.45) is -0.370. The first-order chi connectivity index (χ1) is 12.9. The Morgan fingerprint density at radius 2 is 2.00 bits per heavy atom. The molecular weight excluding hydrogens is 366 g/mol. The summed E-state index contributed by atoms with van der Waals surface area (Å²) in [5.41, 5.74) is 3.26. The second kappa shape index (κ2) is 6.83. The Labute approximate surface area is 162 Å². The van der Waals surface area contributed by atoms with Crippen LogP contribution in [0.5, 0.6) is 5.88 Å².